The number of hydrogen-bond acceptors (Lipinski definition) is 3. The number of halogens is 2. The van der Waals surface area contributed by atoms with Gasteiger partial charge in [0, 0.05) is 38.8 Å². The molecule has 1 heterocycles. The van der Waals surface area contributed by atoms with Crippen LogP contribution in [0.5, 0.6) is 0 Å². The monoisotopic (exact) mass is 475 g/mol. The molecule has 6 nitrogen and oxygen atoms in total. The predicted octanol–water partition coefficient (Wildman–Crippen LogP) is 1.81. The summed E-state index contributed by atoms with van der Waals surface area (Å²) < 4.78 is 13.9. The van der Waals surface area contributed by atoms with Crippen LogP contribution in [-0.2, 0) is 4.79 Å². The zero-order chi connectivity index (χ0) is 17.6. The first kappa shape index (κ1) is 20.7. The summed E-state index contributed by atoms with van der Waals surface area (Å²) >= 11 is 0. The van der Waals surface area contributed by atoms with E-state index in [1.165, 1.54) is 6.07 Å². The third kappa shape index (κ3) is 5.72. The van der Waals surface area contributed by atoms with Crippen molar-refractivity contribution >= 4 is 41.5 Å². The van der Waals surface area contributed by atoms with Crippen LogP contribution in [0.4, 0.5) is 10.1 Å². The van der Waals surface area contributed by atoms with Crippen molar-refractivity contribution < 1.29 is 9.18 Å². The van der Waals surface area contributed by atoms with E-state index in [4.69, 9.17) is 0 Å². The number of piperazine rings is 1. The minimum absolute atomic E-state index is 0. The van der Waals surface area contributed by atoms with Gasteiger partial charge in [-0.3, -0.25) is 4.79 Å². The van der Waals surface area contributed by atoms with E-state index < -0.39 is 0 Å². The highest BCUT2D eigenvalue weighted by atomic mass is 127. The second kappa shape index (κ2) is 9.94. The Bertz CT molecular complexity index is 630. The topological polar surface area (TPSA) is 60.0 Å². The first-order valence-corrected chi connectivity index (χ1v) is 8.99. The number of aliphatic imine (C=N–C) groups is 1. The average molecular weight is 475 g/mol. The van der Waals surface area contributed by atoms with Gasteiger partial charge in [0.25, 0.3) is 0 Å². The smallest absolute Gasteiger partial charge is 0.242 e. The van der Waals surface area contributed by atoms with Crippen molar-refractivity contribution in [1.29, 1.82) is 0 Å². The van der Waals surface area contributed by atoms with Crippen LogP contribution < -0.4 is 15.5 Å². The van der Waals surface area contributed by atoms with Crippen molar-refractivity contribution in [3.8, 4) is 0 Å². The molecule has 1 amide bonds. The van der Waals surface area contributed by atoms with Crippen molar-refractivity contribution in [3.63, 3.8) is 0 Å². The van der Waals surface area contributed by atoms with Crippen LogP contribution in [0.25, 0.3) is 0 Å². The van der Waals surface area contributed by atoms with Crippen LogP contribution in [-0.4, -0.2) is 62.1 Å². The number of rotatable bonds is 5. The zero-order valence-electron chi connectivity index (χ0n) is 15.1. The number of hydrogen-bond donors (Lipinski definition) is 2. The van der Waals surface area contributed by atoms with Gasteiger partial charge in [-0.05, 0) is 31.9 Å². The van der Waals surface area contributed by atoms with Crippen LogP contribution in [0.1, 0.15) is 19.8 Å². The fourth-order valence-electron chi connectivity index (χ4n) is 2.94. The lowest BCUT2D eigenvalue weighted by Gasteiger charge is -2.37. The van der Waals surface area contributed by atoms with Crippen LogP contribution in [0.15, 0.2) is 29.3 Å². The molecule has 0 unspecified atom stereocenters. The number of nitrogens with one attached hydrogen (secondary N) is 2. The highest BCUT2D eigenvalue weighted by Gasteiger charge is 2.24. The fraction of sp³-hybridized carbons (Fsp3) is 0.556. The van der Waals surface area contributed by atoms with Crippen molar-refractivity contribution in [1.82, 2.24) is 15.5 Å². The van der Waals surface area contributed by atoms with Gasteiger partial charge >= 0.3 is 0 Å². The molecular weight excluding hydrogens is 448 g/mol. The molecule has 1 aromatic rings. The Morgan fingerprint density at radius 3 is 2.54 bits per heavy atom. The van der Waals surface area contributed by atoms with Gasteiger partial charge in [-0.1, -0.05) is 12.1 Å². The van der Waals surface area contributed by atoms with E-state index in [2.05, 4.69) is 25.4 Å². The maximum Gasteiger partial charge on any atom is 0.242 e. The fourth-order valence-corrected chi connectivity index (χ4v) is 2.94. The number of para-hydroxylation sites is 1. The van der Waals surface area contributed by atoms with E-state index in [1.807, 2.05) is 19.1 Å². The number of anilines is 1. The van der Waals surface area contributed by atoms with E-state index in [-0.39, 0.29) is 42.2 Å². The van der Waals surface area contributed by atoms with E-state index >= 15 is 0 Å². The number of benzene rings is 1. The van der Waals surface area contributed by atoms with Crippen molar-refractivity contribution in [2.24, 2.45) is 4.99 Å². The number of amides is 1. The highest BCUT2D eigenvalue weighted by molar-refractivity contribution is 14.0. The van der Waals surface area contributed by atoms with Crippen LogP contribution in [0.3, 0.4) is 0 Å². The third-order valence-electron chi connectivity index (χ3n) is 4.42. The molecule has 1 aromatic carbocycles. The molecule has 2 aliphatic rings. The number of nitrogens with zero attached hydrogens (tertiary/aromatic N) is 3. The molecule has 0 bridgehead atoms. The van der Waals surface area contributed by atoms with Gasteiger partial charge in [0.05, 0.1) is 5.69 Å². The van der Waals surface area contributed by atoms with Gasteiger partial charge in [-0.2, -0.15) is 0 Å². The second-order valence-corrected chi connectivity index (χ2v) is 6.44. The summed E-state index contributed by atoms with van der Waals surface area (Å²) in [6.07, 6.45) is 2.15. The quantitative estimate of drug-likeness (QED) is 0.388. The van der Waals surface area contributed by atoms with Gasteiger partial charge in [0.1, 0.15) is 12.4 Å². The average Bonchev–Trinajstić information content (AvgIpc) is 3.43. The number of carbonyl (C=O) groups is 1. The molecule has 1 aliphatic carbocycles. The Balaban J connectivity index is 0.00000243. The molecule has 1 aliphatic heterocycles. The molecule has 0 spiro atoms. The van der Waals surface area contributed by atoms with Gasteiger partial charge in [0.15, 0.2) is 5.96 Å². The first-order chi connectivity index (χ1) is 12.2. The van der Waals surface area contributed by atoms with Crippen LogP contribution in [0.2, 0.25) is 0 Å². The Morgan fingerprint density at radius 2 is 1.92 bits per heavy atom. The zero-order valence-corrected chi connectivity index (χ0v) is 17.4. The lowest BCUT2D eigenvalue weighted by molar-refractivity contribution is -0.119. The molecule has 2 fully saturated rings. The Labute approximate surface area is 171 Å². The Kier molecular flexibility index (Phi) is 7.92. The highest BCUT2D eigenvalue weighted by Crippen LogP contribution is 2.20. The van der Waals surface area contributed by atoms with Crippen molar-refractivity contribution in [2.45, 2.75) is 25.8 Å². The lowest BCUT2D eigenvalue weighted by atomic mass is 10.2. The normalized spacial score (nSPS) is 17.5. The van der Waals surface area contributed by atoms with E-state index in [0.29, 0.717) is 11.7 Å². The maximum absolute atomic E-state index is 13.9. The van der Waals surface area contributed by atoms with E-state index in [1.54, 1.807) is 6.07 Å². The molecule has 8 heteroatoms. The Hall–Kier alpha value is -1.58. The molecule has 0 radical (unpaired) electrons. The maximum atomic E-state index is 13.9. The summed E-state index contributed by atoms with van der Waals surface area (Å²) in [6.45, 7) is 5.83. The summed E-state index contributed by atoms with van der Waals surface area (Å²) in [5, 5.41) is 6.19. The summed E-state index contributed by atoms with van der Waals surface area (Å²) in [6, 6.07) is 7.22. The molecule has 0 atom stereocenters. The van der Waals surface area contributed by atoms with Gasteiger partial charge in [-0.15, -0.1) is 24.0 Å². The largest absolute Gasteiger partial charge is 0.366 e. The standard InChI is InChI=1S/C18H26FN5O.HI/c1-2-20-18(21-13-17(25)22-14-7-8-14)24-11-9-23(10-12-24)16-6-4-3-5-15(16)19;/h3-6,14H,2,7-13H2,1H3,(H,20,21)(H,22,25);1H. The van der Waals surface area contributed by atoms with Crippen LogP contribution in [0, 0.1) is 5.82 Å². The molecule has 1 saturated carbocycles. The van der Waals surface area contributed by atoms with Gasteiger partial charge < -0.3 is 20.4 Å². The summed E-state index contributed by atoms with van der Waals surface area (Å²) in [5.74, 6) is 0.540. The summed E-state index contributed by atoms with van der Waals surface area (Å²) in [4.78, 5) is 20.5. The number of guanidine groups is 1. The SMILES string of the molecule is CCNC(=NCC(=O)NC1CC1)N1CCN(c2ccccc2F)CC1.I. The van der Waals surface area contributed by atoms with Crippen molar-refractivity contribution in [2.75, 3.05) is 44.2 Å². The minimum Gasteiger partial charge on any atom is -0.366 e. The van der Waals surface area contributed by atoms with Gasteiger partial charge in [0.2, 0.25) is 5.91 Å². The van der Waals surface area contributed by atoms with E-state index in [0.717, 1.165) is 51.5 Å². The van der Waals surface area contributed by atoms with E-state index in [9.17, 15) is 9.18 Å². The van der Waals surface area contributed by atoms with Crippen LogP contribution >= 0.6 is 24.0 Å². The molecule has 0 aromatic heterocycles. The lowest BCUT2D eigenvalue weighted by Crippen LogP contribution is -2.53. The first-order valence-electron chi connectivity index (χ1n) is 8.99. The second-order valence-electron chi connectivity index (χ2n) is 6.44. The minimum atomic E-state index is -0.187. The predicted molar refractivity (Wildman–Crippen MR) is 113 cm³/mol. The molecule has 2 N–H and O–H groups in total. The summed E-state index contributed by atoms with van der Waals surface area (Å²) in [7, 11) is 0. The van der Waals surface area contributed by atoms with Crippen molar-refractivity contribution in [3.05, 3.63) is 30.1 Å². The molecule has 1 saturated heterocycles. The molecule has 26 heavy (non-hydrogen) atoms. The number of carbonyl (C=O) groups excluding carboxylic acids is 1. The third-order valence-corrected chi connectivity index (χ3v) is 4.42. The molecule has 3 rings (SSSR count). The molecular formula is C18H27FIN5O. The summed E-state index contributed by atoms with van der Waals surface area (Å²) in [5.41, 5.74) is 0.646. The van der Waals surface area contributed by atoms with Gasteiger partial charge in [-0.25, -0.2) is 9.38 Å². The Morgan fingerprint density at radius 1 is 1.23 bits per heavy atom. The molecule has 144 valence electrons.